The number of aliphatic hydroxyl groups is 1. The van der Waals surface area contributed by atoms with Gasteiger partial charge in [-0.05, 0) is 51.4 Å². The Kier molecular flexibility index (Phi) is 8.12. The van der Waals surface area contributed by atoms with Crippen LogP contribution in [0.25, 0.3) is 0 Å². The smallest absolute Gasteiger partial charge is 0.191 e. The van der Waals surface area contributed by atoms with Crippen molar-refractivity contribution in [2.24, 2.45) is 10.9 Å². The molecule has 6 heteroatoms. The monoisotopic (exact) mass is 327 g/mol. The molecule has 0 aromatic carbocycles. The largest absolute Gasteiger partial charge is 0.388 e. The van der Waals surface area contributed by atoms with E-state index < -0.39 is 5.60 Å². The highest BCUT2D eigenvalue weighted by molar-refractivity contribution is 5.79. The van der Waals surface area contributed by atoms with Gasteiger partial charge >= 0.3 is 0 Å². The summed E-state index contributed by atoms with van der Waals surface area (Å²) in [5.74, 6) is 1.45. The van der Waals surface area contributed by atoms with Crippen LogP contribution in [0.2, 0.25) is 0 Å². The molecule has 1 aliphatic heterocycles. The van der Waals surface area contributed by atoms with E-state index in [1.54, 1.807) is 0 Å². The predicted molar refractivity (Wildman–Crippen MR) is 91.8 cm³/mol. The van der Waals surface area contributed by atoms with Crippen molar-refractivity contribution in [1.29, 1.82) is 0 Å². The summed E-state index contributed by atoms with van der Waals surface area (Å²) in [5, 5.41) is 16.6. The van der Waals surface area contributed by atoms with E-state index >= 15 is 0 Å². The Morgan fingerprint density at radius 1 is 1.30 bits per heavy atom. The van der Waals surface area contributed by atoms with Crippen LogP contribution in [0.3, 0.4) is 0 Å². The molecule has 2 rings (SSSR count). The molecule has 0 spiro atoms. The van der Waals surface area contributed by atoms with Crippen LogP contribution in [0.15, 0.2) is 4.99 Å². The van der Waals surface area contributed by atoms with Crippen LogP contribution < -0.4 is 10.6 Å². The molecule has 0 aromatic rings. The van der Waals surface area contributed by atoms with Crippen LogP contribution in [0.5, 0.6) is 0 Å². The van der Waals surface area contributed by atoms with Crippen molar-refractivity contribution < 1.29 is 14.6 Å². The van der Waals surface area contributed by atoms with Crippen molar-refractivity contribution in [2.75, 3.05) is 46.1 Å². The van der Waals surface area contributed by atoms with Gasteiger partial charge in [0.2, 0.25) is 0 Å². The number of guanidine groups is 1. The summed E-state index contributed by atoms with van der Waals surface area (Å²) in [6.45, 7) is 7.57. The third-order valence-electron chi connectivity index (χ3n) is 4.61. The van der Waals surface area contributed by atoms with Crippen LogP contribution >= 0.6 is 0 Å². The van der Waals surface area contributed by atoms with E-state index in [1.165, 1.54) is 0 Å². The topological polar surface area (TPSA) is 75.1 Å². The maximum atomic E-state index is 10.1. The Balaban J connectivity index is 1.53. The van der Waals surface area contributed by atoms with Gasteiger partial charge < -0.3 is 25.2 Å². The fraction of sp³-hybridized carbons (Fsp3) is 0.941. The first-order chi connectivity index (χ1) is 11.2. The fourth-order valence-electron chi connectivity index (χ4n) is 2.86. The van der Waals surface area contributed by atoms with Gasteiger partial charge in [0, 0.05) is 39.5 Å². The normalized spacial score (nSPS) is 21.7. The van der Waals surface area contributed by atoms with Gasteiger partial charge in [0.25, 0.3) is 0 Å². The number of aliphatic imine (C=N–C) groups is 1. The Hall–Kier alpha value is -0.850. The van der Waals surface area contributed by atoms with Gasteiger partial charge in [0.15, 0.2) is 5.96 Å². The van der Waals surface area contributed by atoms with Crippen molar-refractivity contribution in [3.8, 4) is 0 Å². The van der Waals surface area contributed by atoms with E-state index in [0.29, 0.717) is 12.5 Å². The minimum Gasteiger partial charge on any atom is -0.388 e. The second-order valence-electron chi connectivity index (χ2n) is 6.68. The third kappa shape index (κ3) is 7.06. The highest BCUT2D eigenvalue weighted by Gasteiger charge is 2.34. The van der Waals surface area contributed by atoms with Crippen LogP contribution in [-0.2, 0) is 9.47 Å². The molecule has 0 atom stereocenters. The van der Waals surface area contributed by atoms with E-state index in [0.717, 1.165) is 84.0 Å². The van der Waals surface area contributed by atoms with E-state index in [4.69, 9.17) is 9.47 Å². The second kappa shape index (κ2) is 10.1. The molecule has 3 N–H and O–H groups in total. The molecule has 23 heavy (non-hydrogen) atoms. The summed E-state index contributed by atoms with van der Waals surface area (Å²) in [6, 6.07) is 0. The summed E-state index contributed by atoms with van der Waals surface area (Å²) in [5.41, 5.74) is -0.560. The molecule has 1 aliphatic carbocycles. The van der Waals surface area contributed by atoms with E-state index in [2.05, 4.69) is 15.6 Å². The average molecular weight is 327 g/mol. The van der Waals surface area contributed by atoms with Crippen molar-refractivity contribution in [2.45, 2.75) is 51.0 Å². The zero-order valence-corrected chi connectivity index (χ0v) is 14.5. The summed E-state index contributed by atoms with van der Waals surface area (Å²) < 4.78 is 11.1. The molecule has 0 radical (unpaired) electrons. The molecule has 1 saturated heterocycles. The third-order valence-corrected chi connectivity index (χ3v) is 4.61. The summed E-state index contributed by atoms with van der Waals surface area (Å²) >= 11 is 0. The van der Waals surface area contributed by atoms with E-state index in [1.807, 2.05) is 6.92 Å². The molecule has 134 valence electrons. The van der Waals surface area contributed by atoms with Crippen molar-refractivity contribution in [3.05, 3.63) is 0 Å². The Morgan fingerprint density at radius 2 is 2.09 bits per heavy atom. The lowest BCUT2D eigenvalue weighted by atomic mass is 9.80. The van der Waals surface area contributed by atoms with E-state index in [-0.39, 0.29) is 0 Å². The lowest BCUT2D eigenvalue weighted by Crippen LogP contribution is -2.43. The van der Waals surface area contributed by atoms with Gasteiger partial charge in [0.1, 0.15) is 0 Å². The van der Waals surface area contributed by atoms with Gasteiger partial charge in [-0.3, -0.25) is 4.99 Å². The first-order valence-corrected chi connectivity index (χ1v) is 9.12. The molecule has 0 amide bonds. The highest BCUT2D eigenvalue weighted by Crippen LogP contribution is 2.31. The van der Waals surface area contributed by atoms with Crippen LogP contribution in [0, 0.1) is 5.92 Å². The van der Waals surface area contributed by atoms with E-state index in [9.17, 15) is 5.11 Å². The van der Waals surface area contributed by atoms with Crippen LogP contribution in [0.4, 0.5) is 0 Å². The number of ether oxygens (including phenoxy) is 2. The summed E-state index contributed by atoms with van der Waals surface area (Å²) in [6.07, 6.45) is 6.06. The number of hydrogen-bond acceptors (Lipinski definition) is 4. The lowest BCUT2D eigenvalue weighted by Gasteiger charge is -2.35. The molecule has 1 saturated carbocycles. The van der Waals surface area contributed by atoms with Gasteiger partial charge in [-0.15, -0.1) is 0 Å². The standard InChI is InChI=1S/C17H33N3O3/c1-2-18-16(20-14-17(21)7-3-8-17)19-9-4-10-23-13-15-5-11-22-12-6-15/h15,21H,2-14H2,1H3,(H2,18,19,20). The molecule has 6 nitrogen and oxygen atoms in total. The SMILES string of the molecule is CCNC(=NCC1(O)CCC1)NCCCOCC1CCOCC1. The second-order valence-corrected chi connectivity index (χ2v) is 6.68. The first kappa shape index (κ1) is 18.5. The molecule has 1 heterocycles. The quantitative estimate of drug-likeness (QED) is 0.338. The van der Waals surface area contributed by atoms with Crippen molar-refractivity contribution in [3.63, 3.8) is 0 Å². The highest BCUT2D eigenvalue weighted by atomic mass is 16.5. The summed E-state index contributed by atoms with van der Waals surface area (Å²) in [7, 11) is 0. The molecule has 0 unspecified atom stereocenters. The number of nitrogens with one attached hydrogen (secondary N) is 2. The van der Waals surface area contributed by atoms with Gasteiger partial charge in [0.05, 0.1) is 12.1 Å². The Morgan fingerprint density at radius 3 is 2.74 bits per heavy atom. The van der Waals surface area contributed by atoms with Crippen molar-refractivity contribution >= 4 is 5.96 Å². The van der Waals surface area contributed by atoms with Gasteiger partial charge in [-0.1, -0.05) is 0 Å². The first-order valence-electron chi connectivity index (χ1n) is 9.12. The molecular formula is C17H33N3O3. The Labute approximate surface area is 140 Å². The lowest BCUT2D eigenvalue weighted by molar-refractivity contribution is -0.0236. The maximum absolute atomic E-state index is 10.1. The van der Waals surface area contributed by atoms with Crippen molar-refractivity contribution in [1.82, 2.24) is 10.6 Å². The van der Waals surface area contributed by atoms with Crippen LogP contribution in [-0.4, -0.2) is 62.7 Å². The van der Waals surface area contributed by atoms with Gasteiger partial charge in [-0.25, -0.2) is 0 Å². The molecule has 0 bridgehead atoms. The molecular weight excluding hydrogens is 294 g/mol. The molecule has 2 aliphatic rings. The van der Waals surface area contributed by atoms with Crippen LogP contribution in [0.1, 0.15) is 45.4 Å². The van der Waals surface area contributed by atoms with Gasteiger partial charge in [-0.2, -0.15) is 0 Å². The number of rotatable bonds is 9. The molecule has 2 fully saturated rings. The fourth-order valence-corrected chi connectivity index (χ4v) is 2.86. The minimum absolute atomic E-state index is 0.489. The molecule has 0 aromatic heterocycles. The number of hydrogen-bond donors (Lipinski definition) is 3. The zero-order valence-electron chi connectivity index (χ0n) is 14.5. The Bertz CT molecular complexity index is 353. The average Bonchev–Trinajstić information content (AvgIpc) is 2.55. The maximum Gasteiger partial charge on any atom is 0.191 e. The predicted octanol–water partition coefficient (Wildman–Crippen LogP) is 1.29. The summed E-state index contributed by atoms with van der Waals surface area (Å²) in [4.78, 5) is 4.49. The minimum atomic E-state index is -0.560. The zero-order chi connectivity index (χ0) is 16.4. The number of nitrogens with zero attached hydrogens (tertiary/aromatic N) is 1.